The van der Waals surface area contributed by atoms with Crippen LogP contribution in [0.2, 0.25) is 0 Å². The molecule has 0 aromatic heterocycles. The summed E-state index contributed by atoms with van der Waals surface area (Å²) < 4.78 is 24.0. The smallest absolute Gasteiger partial charge is 0.342 e. The van der Waals surface area contributed by atoms with Crippen LogP contribution in [0.1, 0.15) is 13.8 Å². The third-order valence-electron chi connectivity index (χ3n) is 1.21. The fourth-order valence-electron chi connectivity index (χ4n) is 0.632. The predicted octanol–water partition coefficient (Wildman–Crippen LogP) is 1.41. The average molecular weight is 233 g/mol. The van der Waals surface area contributed by atoms with Crippen molar-refractivity contribution < 1.29 is 8.42 Å². The van der Waals surface area contributed by atoms with E-state index in [4.69, 9.17) is 22.3 Å². The van der Waals surface area contributed by atoms with E-state index in [2.05, 4.69) is 4.40 Å². The molecule has 0 N–H and O–H groups in total. The van der Waals surface area contributed by atoms with Crippen LogP contribution in [0.15, 0.2) is 4.40 Å². The van der Waals surface area contributed by atoms with Crippen LogP contribution in [0.5, 0.6) is 0 Å². The predicted molar refractivity (Wildman–Crippen MR) is 51.0 cm³/mol. The van der Waals surface area contributed by atoms with E-state index in [1.807, 2.05) is 13.8 Å². The van der Waals surface area contributed by atoms with E-state index in [-0.39, 0.29) is 5.29 Å². The van der Waals surface area contributed by atoms with Crippen LogP contribution in [0.4, 0.5) is 0 Å². The number of hydrogen-bond acceptors (Lipinski definition) is 2. The zero-order chi connectivity index (χ0) is 9.78. The van der Waals surface area contributed by atoms with Crippen LogP contribution in [-0.2, 0) is 9.24 Å². The molecule has 0 amide bonds. The fourth-order valence-corrected chi connectivity index (χ4v) is 1.74. The maximum absolute atomic E-state index is 10.4. The lowest BCUT2D eigenvalue weighted by molar-refractivity contribution is 0.474. The van der Waals surface area contributed by atoms with Gasteiger partial charge in [-0.15, -0.1) is 4.40 Å². The molecule has 12 heavy (non-hydrogen) atoms. The molecular weight excluding hydrogens is 223 g/mol. The number of nitrogens with zero attached hydrogens (tertiary/aromatic N) is 2. The Balaban J connectivity index is 4.57. The average Bonchev–Trinajstić information content (AvgIpc) is 1.85. The fraction of sp³-hybridized carbons (Fsp3) is 0.800. The second kappa shape index (κ2) is 4.89. The Kier molecular flexibility index (Phi) is 4.89. The molecule has 72 valence electrons. The summed E-state index contributed by atoms with van der Waals surface area (Å²) in [6.45, 7) is 4.85. The number of rotatable bonds is 3. The molecule has 0 unspecified atom stereocenters. The van der Waals surface area contributed by atoms with Crippen LogP contribution in [0.25, 0.3) is 0 Å². The topological polar surface area (TPSA) is 49.7 Å². The normalized spacial score (nSPS) is 13.2. The first-order chi connectivity index (χ1) is 5.40. The molecule has 0 saturated heterocycles. The lowest BCUT2D eigenvalue weighted by Gasteiger charge is -2.16. The Bertz CT molecular complexity index is 259. The van der Waals surface area contributed by atoms with E-state index in [9.17, 15) is 8.42 Å². The number of amidine groups is 1. The molecule has 0 saturated carbocycles. The Morgan fingerprint density at radius 3 is 2.08 bits per heavy atom. The lowest BCUT2D eigenvalue weighted by atomic mass is 10.6. The second-order valence-corrected chi connectivity index (χ2v) is 4.46. The van der Waals surface area contributed by atoms with Gasteiger partial charge in [0.1, 0.15) is 0 Å². The van der Waals surface area contributed by atoms with Gasteiger partial charge in [-0.1, -0.05) is 0 Å². The van der Waals surface area contributed by atoms with E-state index < -0.39 is 9.24 Å². The minimum absolute atomic E-state index is 0.102. The minimum Gasteiger partial charge on any atom is -0.347 e. The summed E-state index contributed by atoms with van der Waals surface area (Å²) in [4.78, 5) is 1.57. The van der Waals surface area contributed by atoms with Crippen LogP contribution >= 0.6 is 22.3 Å². The van der Waals surface area contributed by atoms with Gasteiger partial charge in [0.15, 0.2) is 0 Å². The van der Waals surface area contributed by atoms with Gasteiger partial charge < -0.3 is 4.90 Å². The van der Waals surface area contributed by atoms with Crippen molar-refractivity contribution in [2.24, 2.45) is 4.40 Å². The maximum Gasteiger partial charge on any atom is 0.342 e. The van der Waals surface area contributed by atoms with Gasteiger partial charge in [0.25, 0.3) is 0 Å². The molecule has 0 spiro atoms. The summed E-state index contributed by atoms with van der Waals surface area (Å²) in [7, 11) is 0.958. The van der Waals surface area contributed by atoms with Gasteiger partial charge in [0.2, 0.25) is 5.29 Å². The minimum atomic E-state index is -3.90. The first kappa shape index (κ1) is 12.0. The van der Waals surface area contributed by atoms with Crippen molar-refractivity contribution in [3.8, 4) is 0 Å². The van der Waals surface area contributed by atoms with E-state index >= 15 is 0 Å². The van der Waals surface area contributed by atoms with Gasteiger partial charge in [-0.05, 0) is 25.4 Å². The first-order valence-corrected chi connectivity index (χ1v) is 6.00. The highest BCUT2D eigenvalue weighted by molar-refractivity contribution is 8.12. The monoisotopic (exact) mass is 232 g/mol. The van der Waals surface area contributed by atoms with Gasteiger partial charge in [-0.2, -0.15) is 8.42 Å². The van der Waals surface area contributed by atoms with Crippen molar-refractivity contribution in [1.82, 2.24) is 4.90 Å². The third-order valence-corrected chi connectivity index (χ3v) is 2.23. The molecule has 4 nitrogen and oxygen atoms in total. The summed E-state index contributed by atoms with van der Waals surface area (Å²) in [5.74, 6) is 0. The number of hydrogen-bond donors (Lipinski definition) is 0. The van der Waals surface area contributed by atoms with Gasteiger partial charge in [-0.3, -0.25) is 0 Å². The quantitative estimate of drug-likeness (QED) is 0.320. The van der Waals surface area contributed by atoms with Crippen LogP contribution < -0.4 is 0 Å². The standard InChI is InChI=1S/C5H10Cl2N2O2S/c1-3-9(4-2)5(6)8-12(7,10)11/h3-4H2,1-2H3/b8-5+. The highest BCUT2D eigenvalue weighted by atomic mass is 35.7. The second-order valence-electron chi connectivity index (χ2n) is 1.94. The van der Waals surface area contributed by atoms with E-state index in [1.54, 1.807) is 4.90 Å². The van der Waals surface area contributed by atoms with Crippen molar-refractivity contribution in [2.75, 3.05) is 13.1 Å². The van der Waals surface area contributed by atoms with Crippen molar-refractivity contribution in [2.45, 2.75) is 13.8 Å². The molecule has 0 radical (unpaired) electrons. The van der Waals surface area contributed by atoms with E-state index in [1.165, 1.54) is 0 Å². The molecule has 0 aromatic carbocycles. The SMILES string of the molecule is CCN(CC)/C(Cl)=N/S(=O)(=O)Cl. The van der Waals surface area contributed by atoms with Crippen LogP contribution in [0, 0.1) is 0 Å². The zero-order valence-electron chi connectivity index (χ0n) is 6.79. The van der Waals surface area contributed by atoms with Crippen molar-refractivity contribution in [3.63, 3.8) is 0 Å². The van der Waals surface area contributed by atoms with E-state index in [0.717, 1.165) is 0 Å². The molecule has 0 aliphatic heterocycles. The zero-order valence-corrected chi connectivity index (χ0v) is 9.12. The molecule has 0 aliphatic carbocycles. The lowest BCUT2D eigenvalue weighted by Crippen LogP contribution is -2.27. The molecule has 0 aromatic rings. The molecule has 0 heterocycles. The van der Waals surface area contributed by atoms with E-state index in [0.29, 0.717) is 13.1 Å². The molecule has 0 bridgehead atoms. The van der Waals surface area contributed by atoms with Crippen molar-refractivity contribution >= 4 is 36.8 Å². The van der Waals surface area contributed by atoms with Gasteiger partial charge >= 0.3 is 9.24 Å². The Hall–Kier alpha value is -0.000000000000000111. The van der Waals surface area contributed by atoms with Crippen molar-refractivity contribution in [1.29, 1.82) is 0 Å². The maximum atomic E-state index is 10.4. The number of halogens is 2. The van der Waals surface area contributed by atoms with Crippen molar-refractivity contribution in [3.05, 3.63) is 0 Å². The van der Waals surface area contributed by atoms with Crippen LogP contribution in [0.3, 0.4) is 0 Å². The highest BCUT2D eigenvalue weighted by Gasteiger charge is 2.08. The Morgan fingerprint density at radius 1 is 1.42 bits per heavy atom. The van der Waals surface area contributed by atoms with Crippen LogP contribution in [-0.4, -0.2) is 31.7 Å². The molecule has 0 rings (SSSR count). The van der Waals surface area contributed by atoms with Gasteiger partial charge in [0.05, 0.1) is 0 Å². The van der Waals surface area contributed by atoms with Gasteiger partial charge in [-0.25, -0.2) is 0 Å². The molecule has 0 aliphatic rings. The Labute approximate surface area is 81.7 Å². The summed E-state index contributed by atoms with van der Waals surface area (Å²) in [6, 6.07) is 0. The Morgan fingerprint density at radius 2 is 1.83 bits per heavy atom. The molecular formula is C5H10Cl2N2O2S. The highest BCUT2D eigenvalue weighted by Crippen LogP contribution is 2.04. The summed E-state index contributed by atoms with van der Waals surface area (Å²) in [5, 5.41) is -0.102. The molecule has 0 atom stereocenters. The largest absolute Gasteiger partial charge is 0.347 e. The summed E-state index contributed by atoms with van der Waals surface area (Å²) in [6.07, 6.45) is 0. The summed E-state index contributed by atoms with van der Waals surface area (Å²) >= 11 is 5.54. The van der Waals surface area contributed by atoms with Gasteiger partial charge in [0, 0.05) is 23.8 Å². The molecule has 0 fully saturated rings. The summed E-state index contributed by atoms with van der Waals surface area (Å²) in [5.41, 5.74) is 0. The molecule has 7 heteroatoms. The third kappa shape index (κ3) is 4.79. The first-order valence-electron chi connectivity index (χ1n) is 3.35.